The Kier molecular flexibility index (Phi) is 3.69. The molecule has 0 aliphatic heterocycles. The molecular weight excluding hydrogens is 316 g/mol. The van der Waals surface area contributed by atoms with Crippen LogP contribution in [0.3, 0.4) is 0 Å². The number of furan rings is 1. The van der Waals surface area contributed by atoms with Gasteiger partial charge < -0.3 is 4.42 Å². The first-order chi connectivity index (χ1) is 10.9. The normalized spacial score (nSPS) is 11.0. The van der Waals surface area contributed by atoms with Gasteiger partial charge in [-0.15, -0.1) is 11.3 Å². The third-order valence-corrected chi connectivity index (χ3v) is 4.70. The summed E-state index contributed by atoms with van der Waals surface area (Å²) in [5.74, 6) is 0.382. The van der Waals surface area contributed by atoms with Crippen LogP contribution in [-0.4, -0.2) is 21.6 Å². The van der Waals surface area contributed by atoms with Gasteiger partial charge in [0.15, 0.2) is 0 Å². The standard InChI is InChI=1S/C15H16N4O3S/c1-7-5-11(9(3)22-7)13(20)16-17-14(21)12-6-10-8(2)18-19(4)15(10)23-12/h5-6H,1-4H3,(H,16,20)(H,17,21). The number of thiophene rings is 1. The second kappa shape index (κ2) is 5.54. The predicted molar refractivity (Wildman–Crippen MR) is 86.4 cm³/mol. The molecular formula is C15H16N4O3S. The topological polar surface area (TPSA) is 89.2 Å². The average Bonchev–Trinajstić information content (AvgIpc) is 3.13. The molecule has 3 heterocycles. The summed E-state index contributed by atoms with van der Waals surface area (Å²) < 4.78 is 7.04. The number of aromatic nitrogens is 2. The summed E-state index contributed by atoms with van der Waals surface area (Å²) >= 11 is 1.33. The monoisotopic (exact) mass is 332 g/mol. The van der Waals surface area contributed by atoms with Crippen molar-refractivity contribution in [3.63, 3.8) is 0 Å². The molecule has 0 spiro atoms. The smallest absolute Gasteiger partial charge is 0.279 e. The van der Waals surface area contributed by atoms with Crippen molar-refractivity contribution in [3.05, 3.63) is 39.8 Å². The third-order valence-electron chi connectivity index (χ3n) is 3.50. The summed E-state index contributed by atoms with van der Waals surface area (Å²) in [5.41, 5.74) is 6.10. The molecule has 0 atom stereocenters. The van der Waals surface area contributed by atoms with Crippen LogP contribution in [0.2, 0.25) is 0 Å². The summed E-state index contributed by atoms with van der Waals surface area (Å²) in [6.45, 7) is 5.35. The van der Waals surface area contributed by atoms with Crippen LogP contribution in [-0.2, 0) is 7.05 Å². The van der Waals surface area contributed by atoms with Crippen molar-refractivity contribution < 1.29 is 14.0 Å². The number of fused-ring (bicyclic) bond motifs is 1. The minimum absolute atomic E-state index is 0.364. The molecule has 120 valence electrons. The SMILES string of the molecule is Cc1cc(C(=O)NNC(=O)c2cc3c(C)nn(C)c3s2)c(C)o1. The van der Waals surface area contributed by atoms with Crippen molar-refractivity contribution in [1.29, 1.82) is 0 Å². The Bertz CT molecular complexity index is 884. The maximum absolute atomic E-state index is 12.2. The summed E-state index contributed by atoms with van der Waals surface area (Å²) in [7, 11) is 1.83. The molecule has 7 nitrogen and oxygen atoms in total. The average molecular weight is 332 g/mol. The fourth-order valence-electron chi connectivity index (χ4n) is 2.42. The maximum atomic E-state index is 12.2. The van der Waals surface area contributed by atoms with Crippen molar-refractivity contribution in [2.45, 2.75) is 20.8 Å². The van der Waals surface area contributed by atoms with E-state index in [4.69, 9.17) is 4.42 Å². The fraction of sp³-hybridized carbons (Fsp3) is 0.267. The van der Waals surface area contributed by atoms with Gasteiger partial charge >= 0.3 is 0 Å². The lowest BCUT2D eigenvalue weighted by atomic mass is 10.2. The zero-order valence-electron chi connectivity index (χ0n) is 13.2. The Morgan fingerprint density at radius 1 is 1.17 bits per heavy atom. The Morgan fingerprint density at radius 3 is 2.48 bits per heavy atom. The third kappa shape index (κ3) is 2.72. The molecule has 2 N–H and O–H groups in total. The Labute approximate surface area is 136 Å². The summed E-state index contributed by atoms with van der Waals surface area (Å²) in [5, 5.41) is 5.23. The van der Waals surface area contributed by atoms with E-state index in [2.05, 4.69) is 16.0 Å². The van der Waals surface area contributed by atoms with E-state index in [9.17, 15) is 9.59 Å². The van der Waals surface area contributed by atoms with E-state index < -0.39 is 5.91 Å². The molecule has 3 aromatic rings. The number of carbonyl (C=O) groups is 2. The minimum atomic E-state index is -0.411. The van der Waals surface area contributed by atoms with Gasteiger partial charge in [0.2, 0.25) is 0 Å². The number of hydrogen-bond donors (Lipinski definition) is 2. The van der Waals surface area contributed by atoms with E-state index >= 15 is 0 Å². The Balaban J connectivity index is 1.72. The number of nitrogens with zero attached hydrogens (tertiary/aromatic N) is 2. The predicted octanol–water partition coefficient (Wildman–Crippen LogP) is 2.23. The fourth-order valence-corrected chi connectivity index (χ4v) is 3.43. The van der Waals surface area contributed by atoms with Gasteiger partial charge in [0.25, 0.3) is 11.8 Å². The van der Waals surface area contributed by atoms with E-state index in [1.807, 2.05) is 14.0 Å². The van der Waals surface area contributed by atoms with Gasteiger partial charge in [-0.25, -0.2) is 0 Å². The molecule has 0 aromatic carbocycles. The zero-order chi connectivity index (χ0) is 16.7. The highest BCUT2D eigenvalue weighted by atomic mass is 32.1. The van der Waals surface area contributed by atoms with E-state index in [0.29, 0.717) is 22.0 Å². The molecule has 0 fully saturated rings. The van der Waals surface area contributed by atoms with E-state index in [1.165, 1.54) is 11.3 Å². The van der Waals surface area contributed by atoms with E-state index in [0.717, 1.165) is 15.9 Å². The van der Waals surface area contributed by atoms with Gasteiger partial charge in [-0.05, 0) is 32.9 Å². The Morgan fingerprint density at radius 2 is 1.87 bits per heavy atom. The lowest BCUT2D eigenvalue weighted by Gasteiger charge is -2.05. The van der Waals surface area contributed by atoms with Crippen LogP contribution in [0.15, 0.2) is 16.5 Å². The highest BCUT2D eigenvalue weighted by molar-refractivity contribution is 7.20. The number of nitrogens with one attached hydrogen (secondary N) is 2. The lowest BCUT2D eigenvalue weighted by Crippen LogP contribution is -2.41. The van der Waals surface area contributed by atoms with Crippen molar-refractivity contribution >= 4 is 33.4 Å². The van der Waals surface area contributed by atoms with Crippen LogP contribution >= 0.6 is 11.3 Å². The highest BCUT2D eigenvalue weighted by Gasteiger charge is 2.17. The maximum Gasteiger partial charge on any atom is 0.279 e. The van der Waals surface area contributed by atoms with Gasteiger partial charge in [-0.2, -0.15) is 5.10 Å². The molecule has 0 aliphatic carbocycles. The van der Waals surface area contributed by atoms with Crippen molar-refractivity contribution in [2.24, 2.45) is 7.05 Å². The van der Waals surface area contributed by atoms with Crippen molar-refractivity contribution in [2.75, 3.05) is 0 Å². The molecule has 0 saturated carbocycles. The number of amides is 2. The number of aryl methyl sites for hydroxylation is 4. The number of rotatable bonds is 2. The molecule has 0 unspecified atom stereocenters. The number of carbonyl (C=O) groups excluding carboxylic acids is 2. The number of hydrogen-bond acceptors (Lipinski definition) is 5. The van der Waals surface area contributed by atoms with Crippen LogP contribution in [0.1, 0.15) is 37.2 Å². The van der Waals surface area contributed by atoms with Crippen LogP contribution in [0.25, 0.3) is 10.2 Å². The minimum Gasteiger partial charge on any atom is -0.466 e. The van der Waals surface area contributed by atoms with E-state index in [1.54, 1.807) is 30.7 Å². The van der Waals surface area contributed by atoms with Gasteiger partial charge in [-0.1, -0.05) is 0 Å². The highest BCUT2D eigenvalue weighted by Crippen LogP contribution is 2.27. The molecule has 8 heteroatoms. The molecule has 0 saturated heterocycles. The van der Waals surface area contributed by atoms with Crippen LogP contribution in [0, 0.1) is 20.8 Å². The quantitative estimate of drug-likeness (QED) is 0.704. The van der Waals surface area contributed by atoms with Crippen LogP contribution in [0.5, 0.6) is 0 Å². The second-order valence-electron chi connectivity index (χ2n) is 5.27. The lowest BCUT2D eigenvalue weighted by molar-refractivity contribution is 0.0848. The van der Waals surface area contributed by atoms with Crippen LogP contribution < -0.4 is 10.9 Å². The molecule has 3 rings (SSSR count). The second-order valence-corrected chi connectivity index (χ2v) is 6.30. The summed E-state index contributed by atoms with van der Waals surface area (Å²) in [6, 6.07) is 3.41. The van der Waals surface area contributed by atoms with Crippen molar-refractivity contribution in [3.8, 4) is 0 Å². The summed E-state index contributed by atoms with van der Waals surface area (Å²) in [4.78, 5) is 25.7. The van der Waals surface area contributed by atoms with Gasteiger partial charge in [0, 0.05) is 12.4 Å². The molecule has 0 aliphatic rings. The van der Waals surface area contributed by atoms with E-state index in [-0.39, 0.29) is 5.91 Å². The molecule has 0 bridgehead atoms. The molecule has 0 radical (unpaired) electrons. The van der Waals surface area contributed by atoms with Crippen LogP contribution in [0.4, 0.5) is 0 Å². The van der Waals surface area contributed by atoms with Gasteiger partial charge in [-0.3, -0.25) is 25.1 Å². The Hall–Kier alpha value is -2.61. The van der Waals surface area contributed by atoms with Gasteiger partial charge in [0.1, 0.15) is 16.4 Å². The molecule has 23 heavy (non-hydrogen) atoms. The molecule has 2 amide bonds. The van der Waals surface area contributed by atoms with Gasteiger partial charge in [0.05, 0.1) is 16.1 Å². The molecule has 3 aromatic heterocycles. The first-order valence-corrected chi connectivity index (χ1v) is 7.79. The van der Waals surface area contributed by atoms with Crippen molar-refractivity contribution in [1.82, 2.24) is 20.6 Å². The summed E-state index contributed by atoms with van der Waals surface area (Å²) in [6.07, 6.45) is 0. The number of hydrazine groups is 1. The largest absolute Gasteiger partial charge is 0.466 e. The zero-order valence-corrected chi connectivity index (χ0v) is 14.0. The first-order valence-electron chi connectivity index (χ1n) is 6.97. The first kappa shape index (κ1) is 15.3.